The summed E-state index contributed by atoms with van der Waals surface area (Å²) >= 11 is 1.68. The molecule has 2 atom stereocenters. The SMILES string of the molecule is O=C(NNCc1ccccc1Sc1ccccc1)[C@@]1(C/C=C/c2ccccc2)N=C(c2ccc(OCCCO)cc2)O[C@H]1c1ccc(-c2ccccc2)cc1. The lowest BCUT2D eigenvalue weighted by Crippen LogP contribution is -2.52. The molecule has 8 heteroatoms. The number of ether oxygens (including phenoxy) is 2. The molecule has 0 aromatic heterocycles. The summed E-state index contributed by atoms with van der Waals surface area (Å²) < 4.78 is 12.5. The van der Waals surface area contributed by atoms with Crippen LogP contribution in [0.5, 0.6) is 5.75 Å². The predicted molar refractivity (Wildman–Crippen MR) is 221 cm³/mol. The van der Waals surface area contributed by atoms with Gasteiger partial charge in [0.25, 0.3) is 5.91 Å². The van der Waals surface area contributed by atoms with Gasteiger partial charge in [-0.05, 0) is 70.3 Å². The summed E-state index contributed by atoms with van der Waals surface area (Å²) in [6.07, 6.45) is 4.09. The van der Waals surface area contributed by atoms with Gasteiger partial charge in [0.05, 0.1) is 6.61 Å². The van der Waals surface area contributed by atoms with Crippen molar-refractivity contribution in [1.82, 2.24) is 10.9 Å². The highest BCUT2D eigenvalue weighted by atomic mass is 32.2. The number of rotatable bonds is 16. The van der Waals surface area contributed by atoms with Crippen LogP contribution in [0.25, 0.3) is 17.2 Å². The van der Waals surface area contributed by atoms with Crippen LogP contribution in [0.3, 0.4) is 0 Å². The molecule has 6 aromatic rings. The van der Waals surface area contributed by atoms with Crippen LogP contribution in [0.4, 0.5) is 0 Å². The van der Waals surface area contributed by atoms with Crippen LogP contribution >= 0.6 is 11.8 Å². The molecule has 0 saturated heterocycles. The zero-order chi connectivity index (χ0) is 37.7. The number of carbonyl (C=O) groups is 1. The molecule has 0 fully saturated rings. The Morgan fingerprint density at radius 3 is 2.13 bits per heavy atom. The number of benzene rings is 6. The van der Waals surface area contributed by atoms with Crippen LogP contribution in [0, 0.1) is 0 Å². The molecule has 3 N–H and O–H groups in total. The maximum absolute atomic E-state index is 14.8. The standard InChI is InChI=1S/C47H43N3O4S/c51-32-13-33-53-41-29-27-39(28-30-41)45-49-47(31-12-16-35-14-4-1-5-15-35,44(54-45)38-25-23-37(24-26-38)36-17-6-2-7-18-36)46(52)50-48-34-40-19-10-11-22-43(40)55-42-20-8-3-9-21-42/h1-12,14-30,44,48,51H,13,31-34H2,(H,50,52)/b16-12+/t44-,47-/m0/s1. The average Bonchev–Trinajstić information content (AvgIpc) is 3.63. The molecule has 0 bridgehead atoms. The fraction of sp³-hybridized carbons (Fsp3) is 0.149. The summed E-state index contributed by atoms with van der Waals surface area (Å²) in [5.74, 6) is 0.731. The Balaban J connectivity index is 1.21. The van der Waals surface area contributed by atoms with Crippen LogP contribution in [0.2, 0.25) is 0 Å². The molecule has 1 aliphatic heterocycles. The largest absolute Gasteiger partial charge is 0.494 e. The molecule has 0 spiro atoms. The van der Waals surface area contributed by atoms with Crippen LogP contribution < -0.4 is 15.6 Å². The van der Waals surface area contributed by atoms with Crippen molar-refractivity contribution in [3.8, 4) is 16.9 Å². The summed E-state index contributed by atoms with van der Waals surface area (Å²) in [7, 11) is 0. The third kappa shape index (κ3) is 9.42. The van der Waals surface area contributed by atoms with Gasteiger partial charge in [-0.3, -0.25) is 10.2 Å². The molecular weight excluding hydrogens is 703 g/mol. The molecular formula is C47H43N3O4S. The fourth-order valence-electron chi connectivity index (χ4n) is 6.43. The van der Waals surface area contributed by atoms with Crippen molar-refractivity contribution in [2.24, 2.45) is 4.99 Å². The highest BCUT2D eigenvalue weighted by molar-refractivity contribution is 7.99. The normalized spacial score (nSPS) is 16.4. The number of amides is 1. The van der Waals surface area contributed by atoms with Crippen molar-refractivity contribution in [3.05, 3.63) is 192 Å². The van der Waals surface area contributed by atoms with E-state index < -0.39 is 11.6 Å². The predicted octanol–water partition coefficient (Wildman–Crippen LogP) is 9.45. The van der Waals surface area contributed by atoms with Crippen molar-refractivity contribution in [3.63, 3.8) is 0 Å². The van der Waals surface area contributed by atoms with E-state index in [9.17, 15) is 4.79 Å². The third-order valence-electron chi connectivity index (χ3n) is 9.31. The van der Waals surface area contributed by atoms with E-state index in [1.54, 1.807) is 11.8 Å². The van der Waals surface area contributed by atoms with Crippen molar-refractivity contribution >= 4 is 29.6 Å². The second-order valence-electron chi connectivity index (χ2n) is 13.1. The van der Waals surface area contributed by atoms with E-state index in [1.807, 2.05) is 127 Å². The number of aliphatic imine (C=N–C) groups is 1. The van der Waals surface area contributed by atoms with E-state index in [-0.39, 0.29) is 18.9 Å². The summed E-state index contributed by atoms with van der Waals surface area (Å²) in [5.41, 5.74) is 10.7. The molecule has 276 valence electrons. The van der Waals surface area contributed by atoms with Crippen LogP contribution in [0.15, 0.2) is 185 Å². The van der Waals surface area contributed by atoms with Crippen molar-refractivity contribution in [1.29, 1.82) is 0 Å². The van der Waals surface area contributed by atoms with Crippen molar-refractivity contribution < 1.29 is 19.4 Å². The number of hydrogen-bond acceptors (Lipinski definition) is 7. The quantitative estimate of drug-likeness (QED) is 0.0676. The van der Waals surface area contributed by atoms with Gasteiger partial charge in [-0.1, -0.05) is 145 Å². The number of hydrazine groups is 1. The number of hydrogen-bond donors (Lipinski definition) is 3. The summed E-state index contributed by atoms with van der Waals surface area (Å²) in [5, 5.41) is 9.17. The number of aliphatic hydroxyl groups excluding tert-OH is 1. The molecule has 1 heterocycles. The molecule has 0 radical (unpaired) electrons. The molecule has 55 heavy (non-hydrogen) atoms. The van der Waals surface area contributed by atoms with Gasteiger partial charge in [0.15, 0.2) is 11.6 Å². The Morgan fingerprint density at radius 1 is 0.764 bits per heavy atom. The average molecular weight is 746 g/mol. The molecule has 7 rings (SSSR count). The highest BCUT2D eigenvalue weighted by Gasteiger charge is 2.52. The first-order chi connectivity index (χ1) is 27.1. The molecule has 7 nitrogen and oxygen atoms in total. The summed E-state index contributed by atoms with van der Waals surface area (Å²) in [6.45, 7) is 0.879. The maximum atomic E-state index is 14.8. The van der Waals surface area contributed by atoms with Crippen molar-refractivity contribution in [2.45, 2.75) is 40.8 Å². The smallest absolute Gasteiger partial charge is 0.266 e. The minimum absolute atomic E-state index is 0.0628. The van der Waals surface area contributed by atoms with Gasteiger partial charge in [-0.15, -0.1) is 0 Å². The lowest BCUT2D eigenvalue weighted by atomic mass is 9.84. The van der Waals surface area contributed by atoms with E-state index in [0.717, 1.165) is 43.2 Å². The molecule has 0 saturated carbocycles. The fourth-order valence-corrected chi connectivity index (χ4v) is 7.39. The Kier molecular flexibility index (Phi) is 12.5. The van der Waals surface area contributed by atoms with Gasteiger partial charge in [0.2, 0.25) is 5.90 Å². The van der Waals surface area contributed by atoms with Gasteiger partial charge in [-0.25, -0.2) is 10.4 Å². The van der Waals surface area contributed by atoms with Crippen LogP contribution in [-0.2, 0) is 16.1 Å². The first-order valence-electron chi connectivity index (χ1n) is 18.4. The van der Waals surface area contributed by atoms with E-state index >= 15 is 0 Å². The number of nitrogens with one attached hydrogen (secondary N) is 2. The molecule has 1 amide bonds. The Hall–Kier alpha value is -5.93. The zero-order valence-corrected chi connectivity index (χ0v) is 31.2. The second-order valence-corrected chi connectivity index (χ2v) is 14.2. The number of nitrogens with zero attached hydrogens (tertiary/aromatic N) is 1. The Morgan fingerprint density at radius 2 is 1.40 bits per heavy atom. The Bertz CT molecular complexity index is 2200. The van der Waals surface area contributed by atoms with Gasteiger partial charge in [0, 0.05) is 41.3 Å². The van der Waals surface area contributed by atoms with Crippen LogP contribution in [0.1, 0.15) is 41.2 Å². The monoisotopic (exact) mass is 745 g/mol. The van der Waals surface area contributed by atoms with E-state index in [1.165, 1.54) is 0 Å². The first kappa shape index (κ1) is 37.4. The third-order valence-corrected chi connectivity index (χ3v) is 10.4. The summed E-state index contributed by atoms with van der Waals surface area (Å²) in [6, 6.07) is 54.3. The Labute approximate surface area is 326 Å². The van der Waals surface area contributed by atoms with E-state index in [4.69, 9.17) is 19.6 Å². The zero-order valence-electron chi connectivity index (χ0n) is 30.4. The van der Waals surface area contributed by atoms with E-state index in [0.29, 0.717) is 31.2 Å². The lowest BCUT2D eigenvalue weighted by molar-refractivity contribution is -0.129. The van der Waals surface area contributed by atoms with Crippen LogP contribution in [-0.4, -0.2) is 35.7 Å². The topological polar surface area (TPSA) is 92.2 Å². The second kappa shape index (κ2) is 18.4. The minimum atomic E-state index is -1.36. The molecule has 0 aliphatic carbocycles. The van der Waals surface area contributed by atoms with Gasteiger partial charge in [-0.2, -0.15) is 0 Å². The minimum Gasteiger partial charge on any atom is -0.494 e. The van der Waals surface area contributed by atoms with E-state index in [2.05, 4.69) is 59.4 Å². The van der Waals surface area contributed by atoms with Gasteiger partial charge >= 0.3 is 0 Å². The molecule has 1 aliphatic rings. The van der Waals surface area contributed by atoms with Gasteiger partial charge in [0.1, 0.15) is 5.75 Å². The number of carbonyl (C=O) groups excluding carboxylic acids is 1. The van der Waals surface area contributed by atoms with Crippen molar-refractivity contribution in [2.75, 3.05) is 13.2 Å². The molecule has 0 unspecified atom stereocenters. The first-order valence-corrected chi connectivity index (χ1v) is 19.2. The summed E-state index contributed by atoms with van der Waals surface area (Å²) in [4.78, 5) is 22.2. The molecule has 6 aromatic carbocycles. The lowest BCUT2D eigenvalue weighted by Gasteiger charge is -2.30. The highest BCUT2D eigenvalue weighted by Crippen LogP contribution is 2.43. The maximum Gasteiger partial charge on any atom is 0.266 e. The number of aliphatic hydroxyl groups is 1. The van der Waals surface area contributed by atoms with Gasteiger partial charge < -0.3 is 14.6 Å².